The number of nitro benzene ring substituents is 1. The highest BCUT2D eigenvalue weighted by Gasteiger charge is 2.14. The molecule has 0 aromatic heterocycles. The van der Waals surface area contributed by atoms with E-state index in [4.69, 9.17) is 4.74 Å². The molecular formula is C21H19FN2O5S. The van der Waals surface area contributed by atoms with Crippen LogP contribution < -0.4 is 9.46 Å². The largest absolute Gasteiger partial charge is 0.489 e. The molecule has 3 aromatic rings. The van der Waals surface area contributed by atoms with E-state index in [1.807, 2.05) is 0 Å². The summed E-state index contributed by atoms with van der Waals surface area (Å²) in [5, 5.41) is 10.8. The molecule has 0 unspecified atom stereocenters. The number of hydrogen-bond donors (Lipinski definition) is 1. The van der Waals surface area contributed by atoms with Crippen LogP contribution in [0.25, 0.3) is 0 Å². The highest BCUT2D eigenvalue weighted by molar-refractivity contribution is 7.88. The van der Waals surface area contributed by atoms with Gasteiger partial charge in [0.25, 0.3) is 5.69 Å². The van der Waals surface area contributed by atoms with E-state index in [0.29, 0.717) is 11.3 Å². The Labute approximate surface area is 173 Å². The molecule has 0 amide bonds. The van der Waals surface area contributed by atoms with Crippen molar-refractivity contribution in [3.05, 3.63) is 105 Å². The summed E-state index contributed by atoms with van der Waals surface area (Å²) in [4.78, 5) is 10.2. The van der Waals surface area contributed by atoms with E-state index in [1.54, 1.807) is 36.4 Å². The average Bonchev–Trinajstić information content (AvgIpc) is 2.72. The van der Waals surface area contributed by atoms with Crippen molar-refractivity contribution in [1.29, 1.82) is 0 Å². The van der Waals surface area contributed by atoms with Crippen LogP contribution in [0.1, 0.15) is 16.7 Å². The molecule has 3 aromatic carbocycles. The van der Waals surface area contributed by atoms with Crippen LogP contribution in [0.4, 0.5) is 10.1 Å². The summed E-state index contributed by atoms with van der Waals surface area (Å²) in [5.41, 5.74) is 1.74. The van der Waals surface area contributed by atoms with Gasteiger partial charge in [-0.1, -0.05) is 36.4 Å². The predicted molar refractivity (Wildman–Crippen MR) is 110 cm³/mol. The normalized spacial score (nSPS) is 11.2. The summed E-state index contributed by atoms with van der Waals surface area (Å²) < 4.78 is 45.6. The Kier molecular flexibility index (Phi) is 6.76. The molecule has 0 saturated carbocycles. The molecule has 1 N–H and O–H groups in total. The molecule has 0 aliphatic carbocycles. The molecule has 7 nitrogen and oxygen atoms in total. The maximum atomic E-state index is 12.9. The van der Waals surface area contributed by atoms with Crippen molar-refractivity contribution in [2.24, 2.45) is 0 Å². The zero-order valence-electron chi connectivity index (χ0n) is 15.8. The van der Waals surface area contributed by atoms with Gasteiger partial charge in [-0.25, -0.2) is 17.5 Å². The second-order valence-corrected chi connectivity index (χ2v) is 8.37. The number of benzene rings is 3. The third-order valence-corrected chi connectivity index (χ3v) is 5.51. The summed E-state index contributed by atoms with van der Waals surface area (Å²) in [6.07, 6.45) is 0. The van der Waals surface area contributed by atoms with E-state index < -0.39 is 14.9 Å². The first-order valence-corrected chi connectivity index (χ1v) is 10.6. The van der Waals surface area contributed by atoms with E-state index in [9.17, 15) is 22.9 Å². The van der Waals surface area contributed by atoms with Crippen LogP contribution in [0, 0.1) is 15.9 Å². The Bertz CT molecular complexity index is 1120. The molecule has 0 aliphatic heterocycles. The minimum atomic E-state index is -3.67. The van der Waals surface area contributed by atoms with Crippen molar-refractivity contribution in [2.75, 3.05) is 0 Å². The zero-order valence-corrected chi connectivity index (χ0v) is 16.6. The summed E-state index contributed by atoms with van der Waals surface area (Å²) in [6, 6.07) is 18.4. The van der Waals surface area contributed by atoms with Crippen LogP contribution in [0.2, 0.25) is 0 Å². The van der Waals surface area contributed by atoms with E-state index in [-0.39, 0.29) is 30.4 Å². The molecule has 9 heteroatoms. The first kappa shape index (κ1) is 21.4. The smallest absolute Gasteiger partial charge is 0.269 e. The van der Waals surface area contributed by atoms with E-state index in [0.717, 1.165) is 11.1 Å². The molecular weight excluding hydrogens is 411 g/mol. The second-order valence-electron chi connectivity index (χ2n) is 6.57. The minimum Gasteiger partial charge on any atom is -0.489 e. The number of sulfonamides is 1. The van der Waals surface area contributed by atoms with E-state index >= 15 is 0 Å². The summed E-state index contributed by atoms with van der Waals surface area (Å²) >= 11 is 0. The number of nitrogens with zero attached hydrogens (tertiary/aromatic N) is 1. The lowest BCUT2D eigenvalue weighted by atomic mass is 10.2. The molecule has 0 heterocycles. The van der Waals surface area contributed by atoms with Gasteiger partial charge in [0.1, 0.15) is 18.2 Å². The molecule has 0 bridgehead atoms. The van der Waals surface area contributed by atoms with Crippen molar-refractivity contribution < 1.29 is 22.5 Å². The van der Waals surface area contributed by atoms with Crippen molar-refractivity contribution in [1.82, 2.24) is 4.72 Å². The number of nitrogens with one attached hydrogen (secondary N) is 1. The van der Waals surface area contributed by atoms with Gasteiger partial charge in [-0.2, -0.15) is 0 Å². The highest BCUT2D eigenvalue weighted by Crippen LogP contribution is 2.17. The number of hydrogen-bond acceptors (Lipinski definition) is 5. The standard InChI is InChI=1S/C21H19FN2O5S/c22-19-8-4-17(5-9-19)14-29-21-10-6-16(7-11-21)13-23-30(27,28)15-18-2-1-3-20(12-18)24(25)26/h1-12,23H,13-15H2. The van der Waals surface area contributed by atoms with E-state index in [2.05, 4.69) is 4.72 Å². The van der Waals surface area contributed by atoms with Crippen LogP contribution >= 0.6 is 0 Å². The van der Waals surface area contributed by atoms with E-state index in [1.165, 1.54) is 36.4 Å². The maximum Gasteiger partial charge on any atom is 0.269 e. The average molecular weight is 430 g/mol. The molecule has 3 rings (SSSR count). The topological polar surface area (TPSA) is 98.5 Å². The summed E-state index contributed by atoms with van der Waals surface area (Å²) in [5.74, 6) is -0.0633. The molecule has 0 atom stereocenters. The molecule has 156 valence electrons. The molecule has 0 spiro atoms. The SMILES string of the molecule is O=[N+]([O-])c1cccc(CS(=O)(=O)NCc2ccc(OCc3ccc(F)cc3)cc2)c1. The molecule has 0 fully saturated rings. The molecule has 30 heavy (non-hydrogen) atoms. The second kappa shape index (κ2) is 9.47. The van der Waals surface area contributed by atoms with Crippen LogP contribution in [-0.4, -0.2) is 13.3 Å². The lowest BCUT2D eigenvalue weighted by molar-refractivity contribution is -0.384. The van der Waals surface area contributed by atoms with Gasteiger partial charge in [0, 0.05) is 18.7 Å². The fraction of sp³-hybridized carbons (Fsp3) is 0.143. The highest BCUT2D eigenvalue weighted by atomic mass is 32.2. The van der Waals surface area contributed by atoms with Crippen LogP contribution in [0.3, 0.4) is 0 Å². The molecule has 0 radical (unpaired) electrons. The van der Waals surface area contributed by atoms with Crippen molar-refractivity contribution in [3.8, 4) is 5.75 Å². The lowest BCUT2D eigenvalue weighted by Crippen LogP contribution is -2.24. The van der Waals surface area contributed by atoms with Gasteiger partial charge >= 0.3 is 0 Å². The summed E-state index contributed by atoms with van der Waals surface area (Å²) in [6.45, 7) is 0.366. The van der Waals surface area contributed by atoms with Gasteiger partial charge in [0.2, 0.25) is 10.0 Å². The maximum absolute atomic E-state index is 12.9. The Balaban J connectivity index is 1.53. The van der Waals surface area contributed by atoms with Crippen LogP contribution in [-0.2, 0) is 28.9 Å². The monoisotopic (exact) mass is 430 g/mol. The zero-order chi connectivity index (χ0) is 21.6. The number of halogens is 1. The fourth-order valence-electron chi connectivity index (χ4n) is 2.67. The third-order valence-electron chi connectivity index (χ3n) is 4.22. The Morgan fingerprint density at radius 3 is 2.27 bits per heavy atom. The fourth-order valence-corrected chi connectivity index (χ4v) is 3.78. The Hall–Kier alpha value is -3.30. The Morgan fingerprint density at radius 2 is 1.60 bits per heavy atom. The number of non-ortho nitro benzene ring substituents is 1. The van der Waals surface area contributed by atoms with Crippen molar-refractivity contribution in [3.63, 3.8) is 0 Å². The van der Waals surface area contributed by atoms with Gasteiger partial charge in [-0.05, 0) is 41.0 Å². The number of nitro groups is 1. The predicted octanol–water partition coefficient (Wildman–Crippen LogP) is 3.93. The third kappa shape index (κ3) is 6.36. The number of rotatable bonds is 9. The minimum absolute atomic E-state index is 0.0789. The van der Waals surface area contributed by atoms with Gasteiger partial charge in [-0.15, -0.1) is 0 Å². The quantitative estimate of drug-likeness (QED) is 0.410. The summed E-state index contributed by atoms with van der Waals surface area (Å²) in [7, 11) is -3.67. The molecule has 0 aliphatic rings. The van der Waals surface area contributed by atoms with Crippen LogP contribution in [0.5, 0.6) is 5.75 Å². The van der Waals surface area contributed by atoms with Crippen molar-refractivity contribution in [2.45, 2.75) is 18.9 Å². The van der Waals surface area contributed by atoms with Gasteiger partial charge in [0.15, 0.2) is 0 Å². The van der Waals surface area contributed by atoms with Gasteiger partial charge in [-0.3, -0.25) is 10.1 Å². The Morgan fingerprint density at radius 1 is 0.933 bits per heavy atom. The first-order chi connectivity index (χ1) is 14.3. The first-order valence-electron chi connectivity index (χ1n) is 8.97. The number of ether oxygens (including phenoxy) is 1. The van der Waals surface area contributed by atoms with Gasteiger partial charge in [0.05, 0.1) is 10.7 Å². The van der Waals surface area contributed by atoms with Crippen LogP contribution in [0.15, 0.2) is 72.8 Å². The van der Waals surface area contributed by atoms with Crippen molar-refractivity contribution >= 4 is 15.7 Å². The molecule has 0 saturated heterocycles. The van der Waals surface area contributed by atoms with Gasteiger partial charge < -0.3 is 4.74 Å². The lowest BCUT2D eigenvalue weighted by Gasteiger charge is -2.09.